The molecule has 8 heteroatoms. The third-order valence-corrected chi connectivity index (χ3v) is 5.53. The topological polar surface area (TPSA) is 51.5 Å². The van der Waals surface area contributed by atoms with Gasteiger partial charge in [0, 0.05) is 39.4 Å². The van der Waals surface area contributed by atoms with E-state index in [1.807, 2.05) is 18.2 Å². The highest BCUT2D eigenvalue weighted by atomic mass is 35.5. The van der Waals surface area contributed by atoms with Gasteiger partial charge in [0.25, 0.3) is 0 Å². The number of rotatable bonds is 5. The number of halogens is 4. The molecule has 0 aliphatic heterocycles. The van der Waals surface area contributed by atoms with Crippen molar-refractivity contribution in [3.8, 4) is 16.9 Å². The van der Waals surface area contributed by atoms with Gasteiger partial charge in [0.05, 0.1) is 18.9 Å². The number of amides is 1. The number of methoxy groups -OCH3 is 1. The van der Waals surface area contributed by atoms with Gasteiger partial charge in [-0.1, -0.05) is 29.8 Å². The lowest BCUT2D eigenvalue weighted by atomic mass is 9.99. The van der Waals surface area contributed by atoms with Gasteiger partial charge in [0.15, 0.2) is 0 Å². The second-order valence-corrected chi connectivity index (χ2v) is 8.04. The standard InChI is InChI=1S/C26H19ClF3NO3/c1-15(10-25(32)31-19-5-3-4-17(11-19)26(28,29)30)20-12-21-22(16-6-8-18(27)9-7-16)14-34-24(21)13-23(20)33-2/h3-14H,1-2H3,(H,31,32)/b15-10+. The van der Waals surface area contributed by atoms with Gasteiger partial charge in [-0.2, -0.15) is 13.2 Å². The molecular formula is C26H19ClF3NO3. The van der Waals surface area contributed by atoms with Crippen LogP contribution in [0.4, 0.5) is 18.9 Å². The maximum Gasteiger partial charge on any atom is 0.416 e. The smallest absolute Gasteiger partial charge is 0.416 e. The first kappa shape index (κ1) is 23.4. The molecule has 0 saturated carbocycles. The van der Waals surface area contributed by atoms with Gasteiger partial charge in [0.2, 0.25) is 5.91 Å². The van der Waals surface area contributed by atoms with Crippen molar-refractivity contribution in [1.29, 1.82) is 0 Å². The van der Waals surface area contributed by atoms with Crippen molar-refractivity contribution >= 4 is 39.7 Å². The van der Waals surface area contributed by atoms with E-state index in [9.17, 15) is 18.0 Å². The van der Waals surface area contributed by atoms with Crippen LogP contribution in [0.5, 0.6) is 5.75 Å². The molecule has 0 unspecified atom stereocenters. The Kier molecular flexibility index (Phi) is 6.39. The number of benzene rings is 3. The highest BCUT2D eigenvalue weighted by molar-refractivity contribution is 6.30. The van der Waals surface area contributed by atoms with E-state index in [4.69, 9.17) is 20.8 Å². The lowest BCUT2D eigenvalue weighted by Crippen LogP contribution is -2.11. The zero-order chi connectivity index (χ0) is 24.5. The Balaban J connectivity index is 1.67. The Hall–Kier alpha value is -3.71. The molecule has 0 atom stereocenters. The summed E-state index contributed by atoms with van der Waals surface area (Å²) < 4.78 is 50.0. The van der Waals surface area contributed by atoms with Crippen LogP contribution in [-0.4, -0.2) is 13.0 Å². The molecule has 1 heterocycles. The number of alkyl halides is 3. The van der Waals surface area contributed by atoms with Gasteiger partial charge in [-0.15, -0.1) is 0 Å². The number of nitrogens with one attached hydrogen (secondary N) is 1. The average molecular weight is 486 g/mol. The van der Waals surface area contributed by atoms with Crippen molar-refractivity contribution in [3.63, 3.8) is 0 Å². The van der Waals surface area contributed by atoms with E-state index in [-0.39, 0.29) is 5.69 Å². The Labute approximate surface area is 198 Å². The predicted molar refractivity (Wildman–Crippen MR) is 127 cm³/mol. The maximum absolute atomic E-state index is 12.9. The minimum absolute atomic E-state index is 0.0474. The van der Waals surface area contributed by atoms with E-state index in [2.05, 4.69) is 5.32 Å². The quantitative estimate of drug-likeness (QED) is 0.293. The third-order valence-electron chi connectivity index (χ3n) is 5.28. The van der Waals surface area contributed by atoms with Gasteiger partial charge >= 0.3 is 6.18 Å². The maximum atomic E-state index is 12.9. The van der Waals surface area contributed by atoms with Crippen LogP contribution < -0.4 is 10.1 Å². The molecule has 0 aliphatic carbocycles. The van der Waals surface area contributed by atoms with Crippen molar-refractivity contribution < 1.29 is 27.1 Å². The van der Waals surface area contributed by atoms with Crippen LogP contribution in [-0.2, 0) is 11.0 Å². The van der Waals surface area contributed by atoms with Crippen LogP contribution in [0.2, 0.25) is 5.02 Å². The molecule has 0 bridgehead atoms. The van der Waals surface area contributed by atoms with E-state index in [1.165, 1.54) is 25.3 Å². The van der Waals surface area contributed by atoms with Gasteiger partial charge < -0.3 is 14.5 Å². The summed E-state index contributed by atoms with van der Waals surface area (Å²) >= 11 is 5.99. The normalized spacial score (nSPS) is 12.1. The number of furan rings is 1. The summed E-state index contributed by atoms with van der Waals surface area (Å²) in [5.74, 6) is -0.0748. The van der Waals surface area contributed by atoms with Crippen molar-refractivity contribution in [1.82, 2.24) is 0 Å². The largest absolute Gasteiger partial charge is 0.496 e. The zero-order valence-electron chi connectivity index (χ0n) is 18.2. The molecule has 34 heavy (non-hydrogen) atoms. The first-order valence-corrected chi connectivity index (χ1v) is 10.6. The molecular weight excluding hydrogens is 467 g/mol. The second kappa shape index (κ2) is 9.27. The molecule has 3 aromatic carbocycles. The van der Waals surface area contributed by atoms with Crippen molar-refractivity contribution in [2.24, 2.45) is 0 Å². The number of ether oxygens (including phenoxy) is 1. The van der Waals surface area contributed by atoms with E-state index in [1.54, 1.807) is 31.4 Å². The van der Waals surface area contributed by atoms with E-state index in [0.717, 1.165) is 28.6 Å². The summed E-state index contributed by atoms with van der Waals surface area (Å²) in [6, 6.07) is 15.4. The van der Waals surface area contributed by atoms with Crippen molar-refractivity contribution in [2.45, 2.75) is 13.1 Å². The number of hydrogen-bond acceptors (Lipinski definition) is 3. The van der Waals surface area contributed by atoms with E-state index < -0.39 is 17.6 Å². The first-order valence-electron chi connectivity index (χ1n) is 10.2. The molecule has 0 saturated heterocycles. The molecule has 4 rings (SSSR count). The Bertz CT molecular complexity index is 1390. The minimum atomic E-state index is -4.50. The van der Waals surface area contributed by atoms with Gasteiger partial charge in [-0.3, -0.25) is 4.79 Å². The van der Waals surface area contributed by atoms with E-state index in [0.29, 0.717) is 27.5 Å². The fraction of sp³-hybridized carbons (Fsp3) is 0.115. The Morgan fingerprint density at radius 2 is 1.82 bits per heavy atom. The van der Waals surface area contributed by atoms with Gasteiger partial charge in [0.1, 0.15) is 11.3 Å². The second-order valence-electron chi connectivity index (χ2n) is 7.60. The van der Waals surface area contributed by atoms with Crippen LogP contribution >= 0.6 is 11.6 Å². The van der Waals surface area contributed by atoms with Crippen LogP contribution in [0.1, 0.15) is 18.1 Å². The molecule has 0 spiro atoms. The Morgan fingerprint density at radius 1 is 1.09 bits per heavy atom. The van der Waals surface area contributed by atoms with Crippen LogP contribution in [0, 0.1) is 0 Å². The van der Waals surface area contributed by atoms with Crippen LogP contribution in [0.25, 0.3) is 27.7 Å². The van der Waals surface area contributed by atoms with Crippen molar-refractivity contribution in [2.75, 3.05) is 12.4 Å². The summed E-state index contributed by atoms with van der Waals surface area (Å²) in [5, 5.41) is 3.90. The van der Waals surface area contributed by atoms with Gasteiger partial charge in [-0.25, -0.2) is 0 Å². The summed E-state index contributed by atoms with van der Waals surface area (Å²) in [4.78, 5) is 12.6. The SMILES string of the molecule is COc1cc2occ(-c3ccc(Cl)cc3)c2cc1/C(C)=C/C(=O)Nc1cccc(C(F)(F)F)c1. The molecule has 4 aromatic rings. The summed E-state index contributed by atoms with van der Waals surface area (Å²) in [7, 11) is 1.50. The molecule has 0 radical (unpaired) electrons. The molecule has 0 aliphatic rings. The predicted octanol–water partition coefficient (Wildman–Crippen LogP) is 7.82. The fourth-order valence-corrected chi connectivity index (χ4v) is 3.74. The highest BCUT2D eigenvalue weighted by Crippen LogP contribution is 2.37. The molecule has 1 N–H and O–H groups in total. The fourth-order valence-electron chi connectivity index (χ4n) is 3.61. The molecule has 174 valence electrons. The Morgan fingerprint density at radius 3 is 2.50 bits per heavy atom. The number of carbonyl (C=O) groups excluding carboxylic acids is 1. The molecule has 1 amide bonds. The number of allylic oxidation sites excluding steroid dienone is 1. The monoisotopic (exact) mass is 485 g/mol. The molecule has 0 fully saturated rings. The minimum Gasteiger partial charge on any atom is -0.496 e. The first-order chi connectivity index (χ1) is 16.2. The number of carbonyl (C=O) groups is 1. The lowest BCUT2D eigenvalue weighted by Gasteiger charge is -2.11. The summed E-state index contributed by atoms with van der Waals surface area (Å²) in [6.45, 7) is 1.72. The molecule has 4 nitrogen and oxygen atoms in total. The van der Waals surface area contributed by atoms with Crippen LogP contribution in [0.15, 0.2) is 77.4 Å². The van der Waals surface area contributed by atoms with Crippen molar-refractivity contribution in [3.05, 3.63) is 89.2 Å². The number of fused-ring (bicyclic) bond motifs is 1. The number of hydrogen-bond donors (Lipinski definition) is 1. The van der Waals surface area contributed by atoms with Gasteiger partial charge in [-0.05, 0) is 54.5 Å². The van der Waals surface area contributed by atoms with Crippen LogP contribution in [0.3, 0.4) is 0 Å². The average Bonchev–Trinajstić information content (AvgIpc) is 3.21. The zero-order valence-corrected chi connectivity index (χ0v) is 18.9. The lowest BCUT2D eigenvalue weighted by molar-refractivity contribution is -0.137. The van der Waals surface area contributed by atoms with E-state index >= 15 is 0 Å². The summed E-state index contributed by atoms with van der Waals surface area (Å²) in [6.07, 6.45) is -1.55. The third kappa shape index (κ3) is 4.94. The molecule has 1 aromatic heterocycles. The number of anilines is 1. The highest BCUT2D eigenvalue weighted by Gasteiger charge is 2.30. The summed E-state index contributed by atoms with van der Waals surface area (Å²) in [5.41, 5.74) is 2.77.